The van der Waals surface area contributed by atoms with Gasteiger partial charge in [0.15, 0.2) is 6.61 Å². The molecule has 0 saturated carbocycles. The number of thiophene rings is 1. The van der Waals surface area contributed by atoms with Crippen molar-refractivity contribution in [2.45, 2.75) is 19.3 Å². The van der Waals surface area contributed by atoms with E-state index in [9.17, 15) is 19.7 Å². The minimum Gasteiger partial charge on any atom is -0.495 e. The zero-order chi connectivity index (χ0) is 18.7. The molecular formula is C17H16N2O6S. The van der Waals surface area contributed by atoms with Crippen molar-refractivity contribution in [1.29, 1.82) is 0 Å². The van der Waals surface area contributed by atoms with Gasteiger partial charge in [-0.1, -0.05) is 0 Å². The lowest BCUT2D eigenvalue weighted by molar-refractivity contribution is -0.384. The molecule has 0 saturated heterocycles. The smallest absolute Gasteiger partial charge is 0.348 e. The van der Waals surface area contributed by atoms with E-state index in [1.165, 1.54) is 47.1 Å². The molecule has 0 spiro atoms. The lowest BCUT2D eigenvalue weighted by Gasteiger charge is -2.10. The van der Waals surface area contributed by atoms with Crippen LogP contribution in [0.25, 0.3) is 0 Å². The number of non-ortho nitro benzene ring substituents is 1. The summed E-state index contributed by atoms with van der Waals surface area (Å²) in [6.07, 6.45) is 3.04. The van der Waals surface area contributed by atoms with Crippen LogP contribution >= 0.6 is 11.3 Å². The molecule has 1 aliphatic carbocycles. The summed E-state index contributed by atoms with van der Waals surface area (Å²) in [6.45, 7) is -0.493. The maximum Gasteiger partial charge on any atom is 0.348 e. The van der Waals surface area contributed by atoms with E-state index in [1.807, 2.05) is 6.07 Å². The van der Waals surface area contributed by atoms with Crippen LogP contribution in [0.15, 0.2) is 24.3 Å². The quantitative estimate of drug-likeness (QED) is 0.472. The number of amides is 1. The Hall–Kier alpha value is -2.94. The van der Waals surface area contributed by atoms with Gasteiger partial charge in [-0.3, -0.25) is 14.9 Å². The van der Waals surface area contributed by atoms with E-state index in [0.717, 1.165) is 19.3 Å². The van der Waals surface area contributed by atoms with Crippen molar-refractivity contribution in [2.24, 2.45) is 0 Å². The largest absolute Gasteiger partial charge is 0.495 e. The highest BCUT2D eigenvalue weighted by Crippen LogP contribution is 2.31. The van der Waals surface area contributed by atoms with E-state index in [1.54, 1.807) is 0 Å². The average molecular weight is 376 g/mol. The van der Waals surface area contributed by atoms with Gasteiger partial charge < -0.3 is 14.8 Å². The molecule has 0 fully saturated rings. The first-order valence-electron chi connectivity index (χ1n) is 7.89. The van der Waals surface area contributed by atoms with Crippen LogP contribution in [0, 0.1) is 10.1 Å². The molecule has 1 aromatic heterocycles. The summed E-state index contributed by atoms with van der Waals surface area (Å²) in [4.78, 5) is 36.0. The molecule has 3 rings (SSSR count). The number of ether oxygens (including phenoxy) is 2. The number of hydrogen-bond donors (Lipinski definition) is 1. The van der Waals surface area contributed by atoms with Crippen LogP contribution in [0.1, 0.15) is 26.5 Å². The zero-order valence-corrected chi connectivity index (χ0v) is 14.8. The van der Waals surface area contributed by atoms with E-state index in [2.05, 4.69) is 5.32 Å². The first kappa shape index (κ1) is 17.9. The predicted octanol–water partition coefficient (Wildman–Crippen LogP) is 2.95. The van der Waals surface area contributed by atoms with Crippen molar-refractivity contribution < 1.29 is 24.0 Å². The molecule has 1 aromatic carbocycles. The Morgan fingerprint density at radius 2 is 2.12 bits per heavy atom. The van der Waals surface area contributed by atoms with Crippen LogP contribution in [-0.4, -0.2) is 30.5 Å². The van der Waals surface area contributed by atoms with Crippen molar-refractivity contribution in [1.82, 2.24) is 0 Å². The molecule has 0 bridgehead atoms. The normalized spacial score (nSPS) is 12.3. The Bertz CT molecular complexity index is 855. The summed E-state index contributed by atoms with van der Waals surface area (Å²) < 4.78 is 10.1. The van der Waals surface area contributed by atoms with E-state index in [-0.39, 0.29) is 17.1 Å². The fourth-order valence-electron chi connectivity index (χ4n) is 2.73. The highest BCUT2D eigenvalue weighted by Gasteiger charge is 2.20. The monoisotopic (exact) mass is 376 g/mol. The molecule has 0 radical (unpaired) electrons. The molecule has 1 amide bonds. The number of methoxy groups -OCH3 is 1. The number of anilines is 1. The first-order chi connectivity index (χ1) is 12.5. The van der Waals surface area contributed by atoms with E-state index in [4.69, 9.17) is 9.47 Å². The van der Waals surface area contributed by atoms with Gasteiger partial charge in [-0.2, -0.15) is 0 Å². The maximum atomic E-state index is 12.1. The minimum atomic E-state index is -0.610. The minimum absolute atomic E-state index is 0.137. The fraction of sp³-hybridized carbons (Fsp3) is 0.294. The number of nitro groups is 1. The number of nitro benzene ring substituents is 1. The van der Waals surface area contributed by atoms with E-state index in [0.29, 0.717) is 4.88 Å². The molecule has 8 nitrogen and oxygen atoms in total. The number of esters is 1. The topological polar surface area (TPSA) is 108 Å². The molecular weight excluding hydrogens is 360 g/mol. The summed E-state index contributed by atoms with van der Waals surface area (Å²) in [6, 6.07) is 5.65. The van der Waals surface area contributed by atoms with Gasteiger partial charge in [-0.25, -0.2) is 4.79 Å². The summed E-state index contributed by atoms with van der Waals surface area (Å²) in [5, 5.41) is 13.3. The molecule has 9 heteroatoms. The van der Waals surface area contributed by atoms with Crippen molar-refractivity contribution in [2.75, 3.05) is 19.0 Å². The number of carbonyl (C=O) groups excluding carboxylic acids is 2. The van der Waals surface area contributed by atoms with Crippen LogP contribution < -0.4 is 10.1 Å². The summed E-state index contributed by atoms with van der Waals surface area (Å²) in [5.74, 6) is -0.892. The molecule has 0 atom stereocenters. The van der Waals surface area contributed by atoms with Gasteiger partial charge in [0.25, 0.3) is 11.6 Å². The van der Waals surface area contributed by atoms with Crippen LogP contribution in [0.3, 0.4) is 0 Å². The Morgan fingerprint density at radius 1 is 1.31 bits per heavy atom. The number of benzene rings is 1. The van der Waals surface area contributed by atoms with Crippen molar-refractivity contribution in [3.8, 4) is 5.75 Å². The summed E-state index contributed by atoms with van der Waals surface area (Å²) in [5.41, 5.74) is 1.12. The number of nitrogens with zero attached hydrogens (tertiary/aromatic N) is 1. The number of carbonyl (C=O) groups is 2. The third kappa shape index (κ3) is 3.83. The third-order valence-electron chi connectivity index (χ3n) is 3.95. The molecule has 0 aliphatic heterocycles. The predicted molar refractivity (Wildman–Crippen MR) is 94.9 cm³/mol. The average Bonchev–Trinajstić information content (AvgIpc) is 3.21. The maximum absolute atomic E-state index is 12.1. The standard InChI is InChI=1S/C17H16N2O6S/c1-24-13-6-5-11(19(22)23)8-12(13)18-16(20)9-25-17(21)15-7-10-3-2-4-14(10)26-15/h5-8H,2-4,9H2,1H3,(H,18,20). The van der Waals surface area contributed by atoms with Gasteiger partial charge in [-0.05, 0) is 37.0 Å². The van der Waals surface area contributed by atoms with Crippen LogP contribution in [0.2, 0.25) is 0 Å². The van der Waals surface area contributed by atoms with Crippen molar-refractivity contribution >= 4 is 34.6 Å². The molecule has 0 unspecified atom stereocenters. The Morgan fingerprint density at radius 3 is 2.81 bits per heavy atom. The van der Waals surface area contributed by atoms with Gasteiger partial charge in [-0.15, -0.1) is 11.3 Å². The molecule has 1 heterocycles. The van der Waals surface area contributed by atoms with Crippen LogP contribution in [0.5, 0.6) is 5.75 Å². The Kier molecular flexibility index (Phi) is 5.17. The summed E-state index contributed by atoms with van der Waals surface area (Å²) in [7, 11) is 1.38. The van der Waals surface area contributed by atoms with E-state index >= 15 is 0 Å². The molecule has 136 valence electrons. The summed E-state index contributed by atoms with van der Waals surface area (Å²) >= 11 is 1.40. The zero-order valence-electron chi connectivity index (χ0n) is 13.9. The second kappa shape index (κ2) is 7.52. The fourth-order valence-corrected chi connectivity index (χ4v) is 3.87. The lowest BCUT2D eigenvalue weighted by atomic mass is 10.2. The highest BCUT2D eigenvalue weighted by molar-refractivity contribution is 7.14. The first-order valence-corrected chi connectivity index (χ1v) is 8.70. The van der Waals surface area contributed by atoms with Gasteiger partial charge in [0.2, 0.25) is 0 Å². The van der Waals surface area contributed by atoms with Gasteiger partial charge in [0.05, 0.1) is 17.7 Å². The number of aryl methyl sites for hydroxylation is 2. The number of hydrogen-bond acceptors (Lipinski definition) is 7. The highest BCUT2D eigenvalue weighted by atomic mass is 32.1. The number of rotatable bonds is 6. The second-order valence-corrected chi connectivity index (χ2v) is 6.82. The third-order valence-corrected chi connectivity index (χ3v) is 5.17. The van der Waals surface area contributed by atoms with Crippen molar-refractivity contribution in [3.05, 3.63) is 49.7 Å². The molecule has 1 N–H and O–H groups in total. The van der Waals surface area contributed by atoms with Crippen LogP contribution in [0.4, 0.5) is 11.4 Å². The Balaban J connectivity index is 1.60. The van der Waals surface area contributed by atoms with Gasteiger partial charge >= 0.3 is 5.97 Å². The van der Waals surface area contributed by atoms with E-state index < -0.39 is 23.4 Å². The van der Waals surface area contributed by atoms with Crippen LogP contribution in [-0.2, 0) is 22.4 Å². The lowest BCUT2D eigenvalue weighted by Crippen LogP contribution is -2.21. The SMILES string of the molecule is COc1ccc([N+](=O)[O-])cc1NC(=O)COC(=O)c1cc2c(s1)CCC2. The molecule has 1 aliphatic rings. The van der Waals surface area contributed by atoms with Crippen molar-refractivity contribution in [3.63, 3.8) is 0 Å². The number of nitrogens with one attached hydrogen (secondary N) is 1. The molecule has 2 aromatic rings. The van der Waals surface area contributed by atoms with Gasteiger partial charge in [0, 0.05) is 17.0 Å². The second-order valence-electron chi connectivity index (χ2n) is 5.68. The number of fused-ring (bicyclic) bond motifs is 1. The Labute approximate surface area is 152 Å². The molecule has 26 heavy (non-hydrogen) atoms. The van der Waals surface area contributed by atoms with Gasteiger partial charge in [0.1, 0.15) is 10.6 Å².